The molecule has 2 aliphatic heterocycles. The van der Waals surface area contributed by atoms with E-state index in [1.54, 1.807) is 18.2 Å². The zero-order valence-electron chi connectivity index (χ0n) is 16.4. The number of cyclic esters (lactones) is 1. The van der Waals surface area contributed by atoms with E-state index < -0.39 is 17.6 Å². The fourth-order valence-corrected chi connectivity index (χ4v) is 4.37. The molecule has 3 aromatic carbocycles. The Morgan fingerprint density at radius 2 is 1.58 bits per heavy atom. The molecule has 2 aliphatic rings. The summed E-state index contributed by atoms with van der Waals surface area (Å²) >= 11 is 12.9. The molecule has 0 saturated carbocycles. The maximum absolute atomic E-state index is 13.5. The minimum absolute atomic E-state index is 0.198. The molecule has 5 rings (SSSR count). The van der Waals surface area contributed by atoms with E-state index >= 15 is 0 Å². The minimum atomic E-state index is -1.57. The van der Waals surface area contributed by atoms with Crippen LogP contribution in [0.2, 0.25) is 10.0 Å². The van der Waals surface area contributed by atoms with Gasteiger partial charge < -0.3 is 9.57 Å². The van der Waals surface area contributed by atoms with Crippen LogP contribution in [0.5, 0.6) is 0 Å². The Bertz CT molecular complexity index is 1220. The highest BCUT2D eigenvalue weighted by molar-refractivity contribution is 6.42. The first kappa shape index (κ1) is 19.8. The van der Waals surface area contributed by atoms with Gasteiger partial charge in [0.15, 0.2) is 6.10 Å². The molecule has 7 heteroatoms. The van der Waals surface area contributed by atoms with Crippen LogP contribution in [0, 0.1) is 6.92 Å². The molecule has 0 amide bonds. The summed E-state index contributed by atoms with van der Waals surface area (Å²) in [5, 5.41) is 4.95. The van der Waals surface area contributed by atoms with Crippen LogP contribution in [0.25, 0.3) is 0 Å². The Morgan fingerprint density at radius 1 is 0.903 bits per heavy atom. The van der Waals surface area contributed by atoms with Gasteiger partial charge in [-0.2, -0.15) is 0 Å². The van der Waals surface area contributed by atoms with Crippen LogP contribution in [0.15, 0.2) is 82.9 Å². The van der Waals surface area contributed by atoms with Gasteiger partial charge in [0.2, 0.25) is 5.90 Å². The number of aliphatic imine (C=N–C) groups is 1. The van der Waals surface area contributed by atoms with Gasteiger partial charge in [0.1, 0.15) is 5.71 Å². The van der Waals surface area contributed by atoms with Gasteiger partial charge in [0, 0.05) is 11.1 Å². The largest absolute Gasteiger partial charge is 0.405 e. The van der Waals surface area contributed by atoms with Gasteiger partial charge >= 0.3 is 5.97 Å². The SMILES string of the molecule is Cc1ccc([C@@H]2ON=C(c3c(Cl)cccc3Cl)[C@]23N=C(c2ccccc2)OC3=O)cc1. The summed E-state index contributed by atoms with van der Waals surface area (Å²) in [4.78, 5) is 24.0. The lowest BCUT2D eigenvalue weighted by atomic mass is 9.81. The minimum Gasteiger partial charge on any atom is -0.405 e. The maximum Gasteiger partial charge on any atom is 0.351 e. The second-order valence-electron chi connectivity index (χ2n) is 7.37. The van der Waals surface area contributed by atoms with Gasteiger partial charge in [-0.15, -0.1) is 0 Å². The average molecular weight is 451 g/mol. The molecule has 0 unspecified atom stereocenters. The van der Waals surface area contributed by atoms with E-state index in [0.717, 1.165) is 11.1 Å². The fraction of sp³-hybridized carbons (Fsp3) is 0.125. The monoisotopic (exact) mass is 450 g/mol. The summed E-state index contributed by atoms with van der Waals surface area (Å²) in [7, 11) is 0. The third-order valence-corrected chi connectivity index (χ3v) is 6.00. The Hall–Kier alpha value is -3.15. The fourth-order valence-electron chi connectivity index (χ4n) is 3.79. The number of carbonyl (C=O) groups is 1. The molecular weight excluding hydrogens is 435 g/mol. The zero-order valence-corrected chi connectivity index (χ0v) is 17.9. The van der Waals surface area contributed by atoms with Crippen molar-refractivity contribution in [3.05, 3.63) is 105 Å². The first-order valence-electron chi connectivity index (χ1n) is 9.63. The van der Waals surface area contributed by atoms with Crippen LogP contribution in [-0.4, -0.2) is 23.1 Å². The number of ether oxygens (including phenoxy) is 1. The zero-order chi connectivity index (χ0) is 21.6. The summed E-state index contributed by atoms with van der Waals surface area (Å²) in [5.41, 5.74) is 1.54. The van der Waals surface area contributed by atoms with Crippen LogP contribution in [0.4, 0.5) is 0 Å². The van der Waals surface area contributed by atoms with Crippen molar-refractivity contribution < 1.29 is 14.4 Å². The van der Waals surface area contributed by atoms with Gasteiger partial charge in [-0.25, -0.2) is 9.79 Å². The quantitative estimate of drug-likeness (QED) is 0.493. The highest BCUT2D eigenvalue weighted by Crippen LogP contribution is 2.47. The molecule has 5 nitrogen and oxygen atoms in total. The first-order chi connectivity index (χ1) is 15.0. The molecule has 0 aromatic heterocycles. The first-order valence-corrected chi connectivity index (χ1v) is 10.4. The molecule has 0 saturated heterocycles. The lowest BCUT2D eigenvalue weighted by Gasteiger charge is -2.24. The van der Waals surface area contributed by atoms with Gasteiger partial charge in [-0.05, 0) is 36.8 Å². The molecule has 2 heterocycles. The van der Waals surface area contributed by atoms with Crippen molar-refractivity contribution >= 4 is 40.8 Å². The van der Waals surface area contributed by atoms with Crippen LogP contribution in [-0.2, 0) is 14.4 Å². The van der Waals surface area contributed by atoms with Crippen LogP contribution in [0.1, 0.15) is 28.4 Å². The van der Waals surface area contributed by atoms with Crippen molar-refractivity contribution in [2.75, 3.05) is 0 Å². The Kier molecular flexibility index (Phi) is 4.80. The number of oxime groups is 1. The van der Waals surface area contributed by atoms with E-state index in [1.165, 1.54) is 0 Å². The van der Waals surface area contributed by atoms with Crippen LogP contribution in [0.3, 0.4) is 0 Å². The number of hydrogen-bond acceptors (Lipinski definition) is 5. The molecule has 3 aromatic rings. The molecule has 0 radical (unpaired) electrons. The Labute approximate surface area is 188 Å². The third-order valence-electron chi connectivity index (χ3n) is 5.37. The number of hydrogen-bond donors (Lipinski definition) is 0. The van der Waals surface area contributed by atoms with Gasteiger partial charge in [-0.3, -0.25) is 0 Å². The van der Waals surface area contributed by atoms with Gasteiger partial charge in [0.25, 0.3) is 5.54 Å². The maximum atomic E-state index is 13.5. The van der Waals surface area contributed by atoms with Crippen molar-refractivity contribution in [3.8, 4) is 0 Å². The standard InChI is InChI=1S/C24H16Cl2N2O3/c1-14-10-12-15(13-11-14)21-24(20(28-31-21)19-17(25)8-5-9-18(19)26)23(29)30-22(27-24)16-6-3-2-4-7-16/h2-13,21H,1H3/t21-,24-/m0/s1. The average Bonchev–Trinajstić information content (AvgIpc) is 3.31. The molecule has 0 N–H and O–H groups in total. The number of benzene rings is 3. The Balaban J connectivity index is 1.72. The summed E-state index contributed by atoms with van der Waals surface area (Å²) in [6, 6.07) is 21.9. The topological polar surface area (TPSA) is 60.3 Å². The molecule has 0 aliphatic carbocycles. The molecule has 154 valence electrons. The predicted octanol–water partition coefficient (Wildman–Crippen LogP) is 5.52. The summed E-state index contributed by atoms with van der Waals surface area (Å²) < 4.78 is 5.66. The van der Waals surface area contributed by atoms with Crippen LogP contribution >= 0.6 is 23.2 Å². The summed E-state index contributed by atoms with van der Waals surface area (Å²) in [5.74, 6) is -0.395. The summed E-state index contributed by atoms with van der Waals surface area (Å²) in [6.45, 7) is 1.98. The van der Waals surface area contributed by atoms with Gasteiger partial charge in [0.05, 0.1) is 10.0 Å². The van der Waals surface area contributed by atoms with E-state index in [9.17, 15) is 4.79 Å². The Morgan fingerprint density at radius 3 is 2.26 bits per heavy atom. The van der Waals surface area contributed by atoms with Crippen LogP contribution < -0.4 is 0 Å². The number of esters is 1. The van der Waals surface area contributed by atoms with Crippen molar-refractivity contribution in [3.63, 3.8) is 0 Å². The summed E-state index contributed by atoms with van der Waals surface area (Å²) in [6.07, 6.45) is -0.829. The molecule has 1 spiro atoms. The van der Waals surface area contributed by atoms with E-state index in [-0.39, 0.29) is 11.6 Å². The number of aryl methyl sites for hydroxylation is 1. The van der Waals surface area contributed by atoms with Crippen molar-refractivity contribution in [2.45, 2.75) is 18.6 Å². The lowest BCUT2D eigenvalue weighted by molar-refractivity contribution is -0.139. The number of halogens is 2. The molecule has 31 heavy (non-hydrogen) atoms. The highest BCUT2D eigenvalue weighted by Gasteiger charge is 2.63. The van der Waals surface area contributed by atoms with Gasteiger partial charge in [-0.1, -0.05) is 82.5 Å². The lowest BCUT2D eigenvalue weighted by Crippen LogP contribution is -2.45. The smallest absolute Gasteiger partial charge is 0.351 e. The second kappa shape index (κ2) is 7.52. The number of nitrogens with zero attached hydrogens (tertiary/aromatic N) is 2. The van der Waals surface area contributed by atoms with E-state index in [0.29, 0.717) is 21.2 Å². The number of rotatable bonds is 3. The van der Waals surface area contributed by atoms with E-state index in [4.69, 9.17) is 37.8 Å². The van der Waals surface area contributed by atoms with E-state index in [2.05, 4.69) is 5.16 Å². The number of carbonyl (C=O) groups excluding carboxylic acids is 1. The molecular formula is C24H16Cl2N2O3. The molecule has 2 atom stereocenters. The third kappa shape index (κ3) is 3.12. The van der Waals surface area contributed by atoms with Crippen molar-refractivity contribution in [2.24, 2.45) is 10.1 Å². The highest BCUT2D eigenvalue weighted by atomic mass is 35.5. The second-order valence-corrected chi connectivity index (χ2v) is 8.19. The molecule has 0 fully saturated rings. The van der Waals surface area contributed by atoms with Crippen molar-refractivity contribution in [1.29, 1.82) is 0 Å². The van der Waals surface area contributed by atoms with E-state index in [1.807, 2.05) is 61.5 Å². The normalized spacial score (nSPS) is 22.2. The predicted molar refractivity (Wildman–Crippen MR) is 120 cm³/mol. The van der Waals surface area contributed by atoms with Crippen molar-refractivity contribution in [1.82, 2.24) is 0 Å². The molecule has 0 bridgehead atoms.